The molecular weight excluding hydrogens is 259 g/mol. The van der Waals surface area contributed by atoms with Crippen molar-refractivity contribution in [2.24, 2.45) is 0 Å². The third-order valence-electron chi connectivity index (χ3n) is 2.77. The Morgan fingerprint density at radius 3 is 2.47 bits per heavy atom. The molecule has 0 aromatic heterocycles. The maximum absolute atomic E-state index is 9.37. The summed E-state index contributed by atoms with van der Waals surface area (Å²) in [7, 11) is 0.135. The lowest BCUT2D eigenvalue weighted by atomic mass is 9.77. The maximum atomic E-state index is 9.37. The summed E-state index contributed by atoms with van der Waals surface area (Å²) in [4.78, 5) is 1.14. The molecule has 98 valence electrons. The van der Waals surface area contributed by atoms with Crippen LogP contribution in [0.25, 0.3) is 0 Å². The number of hydrogen-bond donors (Lipinski definition) is 2. The molecule has 0 radical (unpaired) electrons. The molecule has 0 fully saturated rings. The molecule has 0 saturated heterocycles. The van der Waals surface area contributed by atoms with Gasteiger partial charge in [-0.3, -0.25) is 0 Å². The van der Waals surface area contributed by atoms with Crippen LogP contribution in [0.2, 0.25) is 0 Å². The summed E-state index contributed by atoms with van der Waals surface area (Å²) >= 11 is 1.65. The molecule has 0 saturated carbocycles. The average molecular weight is 274 g/mol. The summed E-state index contributed by atoms with van der Waals surface area (Å²) < 4.78 is 5.17. The van der Waals surface area contributed by atoms with Crippen LogP contribution in [0.3, 0.4) is 0 Å². The van der Waals surface area contributed by atoms with Crippen molar-refractivity contribution in [1.82, 2.24) is 0 Å². The first kappa shape index (κ1) is 14.0. The van der Waals surface area contributed by atoms with Crippen molar-refractivity contribution in [1.29, 1.82) is 0 Å². The zero-order valence-corrected chi connectivity index (χ0v) is 11.4. The fourth-order valence-corrected chi connectivity index (χ4v) is 2.69. The van der Waals surface area contributed by atoms with E-state index in [1.165, 1.54) is 0 Å². The average Bonchev–Trinajstić information content (AvgIpc) is 2.45. The molecule has 0 amide bonds. The summed E-state index contributed by atoms with van der Waals surface area (Å²) in [6, 6.07) is 15.2. The lowest BCUT2D eigenvalue weighted by Crippen LogP contribution is -2.32. The summed E-state index contributed by atoms with van der Waals surface area (Å²) in [5, 5.41) is 18.7. The van der Waals surface area contributed by atoms with Crippen molar-refractivity contribution in [3.8, 4) is 5.75 Å². The van der Waals surface area contributed by atoms with E-state index in [4.69, 9.17) is 4.74 Å². The Kier molecular flexibility index (Phi) is 4.90. The first-order valence-electron chi connectivity index (χ1n) is 5.91. The Labute approximate surface area is 117 Å². The predicted molar refractivity (Wildman–Crippen MR) is 78.8 cm³/mol. The van der Waals surface area contributed by atoms with Crippen molar-refractivity contribution < 1.29 is 14.8 Å². The van der Waals surface area contributed by atoms with Gasteiger partial charge in [0.15, 0.2) is 0 Å². The van der Waals surface area contributed by atoms with Crippen molar-refractivity contribution in [3.05, 3.63) is 54.1 Å². The van der Waals surface area contributed by atoms with E-state index >= 15 is 0 Å². The number of ether oxygens (including phenoxy) is 1. The third-order valence-corrected chi connectivity index (χ3v) is 3.83. The normalized spacial score (nSPS) is 10.3. The first-order chi connectivity index (χ1) is 9.20. The molecule has 5 heteroatoms. The fraction of sp³-hybridized carbons (Fsp3) is 0.143. The van der Waals surface area contributed by atoms with Crippen LogP contribution in [0.5, 0.6) is 5.75 Å². The molecule has 0 spiro atoms. The van der Waals surface area contributed by atoms with Crippen molar-refractivity contribution >= 4 is 24.3 Å². The highest BCUT2D eigenvalue weighted by Gasteiger charge is 2.16. The van der Waals surface area contributed by atoms with Gasteiger partial charge in [-0.1, -0.05) is 24.3 Å². The standard InChI is InChI=1S/C14H15BO3S/c1-18-12-7-8-14(15(16)17)11(9-12)10-19-13-5-3-2-4-6-13/h2-9,16-17H,10H2,1H3. The van der Waals surface area contributed by atoms with Crippen molar-refractivity contribution in [3.63, 3.8) is 0 Å². The predicted octanol–water partition coefficient (Wildman–Crippen LogP) is 1.67. The largest absolute Gasteiger partial charge is 0.497 e. The molecule has 2 aromatic rings. The topological polar surface area (TPSA) is 49.7 Å². The third kappa shape index (κ3) is 3.77. The molecule has 3 nitrogen and oxygen atoms in total. The van der Waals surface area contributed by atoms with Gasteiger partial charge in [0.1, 0.15) is 5.75 Å². The minimum absolute atomic E-state index is 0.518. The van der Waals surface area contributed by atoms with Gasteiger partial charge in [-0.05, 0) is 35.3 Å². The summed E-state index contributed by atoms with van der Waals surface area (Å²) in [6.45, 7) is 0. The zero-order chi connectivity index (χ0) is 13.7. The highest BCUT2D eigenvalue weighted by molar-refractivity contribution is 7.98. The van der Waals surface area contributed by atoms with Crippen molar-refractivity contribution in [2.45, 2.75) is 10.6 Å². The minimum atomic E-state index is -1.46. The second kappa shape index (κ2) is 6.66. The fourth-order valence-electron chi connectivity index (χ4n) is 1.76. The van der Waals surface area contributed by atoms with Gasteiger partial charge in [-0.15, -0.1) is 11.8 Å². The molecule has 0 atom stereocenters. The number of hydrogen-bond acceptors (Lipinski definition) is 4. The molecule has 0 bridgehead atoms. The molecule has 0 aliphatic heterocycles. The lowest BCUT2D eigenvalue weighted by molar-refractivity contribution is 0.413. The minimum Gasteiger partial charge on any atom is -0.497 e. The Hall–Kier alpha value is -1.43. The molecule has 2 aromatic carbocycles. The van der Waals surface area contributed by atoms with E-state index in [1.54, 1.807) is 31.0 Å². The van der Waals surface area contributed by atoms with Crippen LogP contribution >= 0.6 is 11.8 Å². The van der Waals surface area contributed by atoms with Crippen LogP contribution in [0.4, 0.5) is 0 Å². The van der Waals surface area contributed by atoms with Crippen LogP contribution in [-0.4, -0.2) is 24.3 Å². The van der Waals surface area contributed by atoms with Crippen LogP contribution in [0.1, 0.15) is 5.56 Å². The Morgan fingerprint density at radius 2 is 1.84 bits per heavy atom. The number of rotatable bonds is 5. The first-order valence-corrected chi connectivity index (χ1v) is 6.90. The molecule has 0 aliphatic carbocycles. The monoisotopic (exact) mass is 274 g/mol. The molecule has 0 heterocycles. The van der Waals surface area contributed by atoms with Crippen LogP contribution < -0.4 is 10.2 Å². The zero-order valence-electron chi connectivity index (χ0n) is 10.6. The lowest BCUT2D eigenvalue weighted by Gasteiger charge is -2.10. The number of benzene rings is 2. The van der Waals surface area contributed by atoms with Gasteiger partial charge in [0.25, 0.3) is 0 Å². The second-order valence-electron chi connectivity index (χ2n) is 4.04. The van der Waals surface area contributed by atoms with Crippen LogP contribution in [-0.2, 0) is 5.75 Å². The van der Waals surface area contributed by atoms with Crippen molar-refractivity contribution in [2.75, 3.05) is 7.11 Å². The Balaban J connectivity index is 2.18. The summed E-state index contributed by atoms with van der Waals surface area (Å²) in [5.74, 6) is 1.38. The van der Waals surface area contributed by atoms with E-state index in [2.05, 4.69) is 0 Å². The Bertz CT molecular complexity index is 531. The van der Waals surface area contributed by atoms with E-state index in [1.807, 2.05) is 36.4 Å². The van der Waals surface area contributed by atoms with E-state index in [9.17, 15) is 10.0 Å². The van der Waals surface area contributed by atoms with E-state index in [-0.39, 0.29) is 0 Å². The van der Waals surface area contributed by atoms with Gasteiger partial charge < -0.3 is 14.8 Å². The van der Waals surface area contributed by atoms with Gasteiger partial charge in [0.2, 0.25) is 0 Å². The molecule has 0 aliphatic rings. The van der Waals surface area contributed by atoms with Gasteiger partial charge >= 0.3 is 7.12 Å². The molecule has 19 heavy (non-hydrogen) atoms. The number of thioether (sulfide) groups is 1. The highest BCUT2D eigenvalue weighted by Crippen LogP contribution is 2.23. The summed E-state index contributed by atoms with van der Waals surface area (Å²) in [5.41, 5.74) is 1.38. The Morgan fingerprint density at radius 1 is 1.11 bits per heavy atom. The highest BCUT2D eigenvalue weighted by atomic mass is 32.2. The molecule has 0 unspecified atom stereocenters. The van der Waals surface area contributed by atoms with Gasteiger partial charge in [-0.25, -0.2) is 0 Å². The maximum Gasteiger partial charge on any atom is 0.488 e. The van der Waals surface area contributed by atoms with Crippen LogP contribution in [0.15, 0.2) is 53.4 Å². The smallest absolute Gasteiger partial charge is 0.488 e. The molecule has 2 rings (SSSR count). The van der Waals surface area contributed by atoms with E-state index < -0.39 is 7.12 Å². The quantitative estimate of drug-likeness (QED) is 0.643. The van der Waals surface area contributed by atoms with E-state index in [0.29, 0.717) is 17.0 Å². The van der Waals surface area contributed by atoms with Crippen LogP contribution in [0, 0.1) is 0 Å². The molecular formula is C14H15BO3S. The molecule has 2 N–H and O–H groups in total. The SMILES string of the molecule is COc1ccc(B(O)O)c(CSc2ccccc2)c1. The second-order valence-corrected chi connectivity index (χ2v) is 5.09. The summed E-state index contributed by atoms with van der Waals surface area (Å²) in [6.07, 6.45) is 0. The van der Waals surface area contributed by atoms with Gasteiger partial charge in [0, 0.05) is 10.6 Å². The number of methoxy groups -OCH3 is 1. The van der Waals surface area contributed by atoms with Gasteiger partial charge in [-0.2, -0.15) is 0 Å². The van der Waals surface area contributed by atoms with E-state index in [0.717, 1.165) is 10.5 Å². The van der Waals surface area contributed by atoms with Gasteiger partial charge in [0.05, 0.1) is 7.11 Å².